The number of hydrogen-bond acceptors (Lipinski definition) is 4. The number of carbonyl (C=O) groups excluding carboxylic acids is 1. The van der Waals surface area contributed by atoms with E-state index in [1.807, 2.05) is 37.4 Å². The monoisotopic (exact) mass is 346 g/mol. The molecular weight excluding hydrogens is 320 g/mol. The van der Waals surface area contributed by atoms with E-state index < -0.39 is 0 Å². The summed E-state index contributed by atoms with van der Waals surface area (Å²) in [5, 5.41) is 8.79. The summed E-state index contributed by atoms with van der Waals surface area (Å²) in [7, 11) is 2.07. The van der Waals surface area contributed by atoms with Gasteiger partial charge in [0.2, 0.25) is 0 Å². The molecule has 1 aromatic heterocycles. The lowest BCUT2D eigenvalue weighted by Gasteiger charge is -2.25. The van der Waals surface area contributed by atoms with Crippen LogP contribution in [-0.2, 0) is 6.54 Å². The third-order valence-electron chi connectivity index (χ3n) is 3.94. The quantitative estimate of drug-likeness (QED) is 0.808. The summed E-state index contributed by atoms with van der Waals surface area (Å²) in [4.78, 5) is 18.7. The number of aromatic nitrogens is 1. The summed E-state index contributed by atoms with van der Waals surface area (Å²) >= 11 is 1.57. The first-order valence-corrected chi connectivity index (χ1v) is 9.04. The zero-order chi connectivity index (χ0) is 17.5. The van der Waals surface area contributed by atoms with E-state index in [1.54, 1.807) is 11.3 Å². The molecule has 0 radical (unpaired) electrons. The second-order valence-electron chi connectivity index (χ2n) is 6.15. The van der Waals surface area contributed by atoms with Crippen LogP contribution in [0.2, 0.25) is 0 Å². The van der Waals surface area contributed by atoms with Gasteiger partial charge in [-0.1, -0.05) is 30.3 Å². The summed E-state index contributed by atoms with van der Waals surface area (Å²) in [6.45, 7) is 7.47. The highest BCUT2D eigenvalue weighted by atomic mass is 32.1. The smallest absolute Gasteiger partial charge is 0.315 e. The fourth-order valence-electron chi connectivity index (χ4n) is 2.30. The SMILES string of the molecule is Cc1csc(C(C)NC(=O)NCC(C)N(C)Cc2ccccc2)n1. The van der Waals surface area contributed by atoms with E-state index in [4.69, 9.17) is 0 Å². The van der Waals surface area contributed by atoms with Crippen LogP contribution in [-0.4, -0.2) is 35.5 Å². The number of hydrogen-bond donors (Lipinski definition) is 2. The van der Waals surface area contributed by atoms with Crippen LogP contribution < -0.4 is 10.6 Å². The van der Waals surface area contributed by atoms with Gasteiger partial charge < -0.3 is 10.6 Å². The molecule has 2 N–H and O–H groups in total. The van der Waals surface area contributed by atoms with Gasteiger partial charge in [-0.2, -0.15) is 0 Å². The molecule has 2 aromatic rings. The second kappa shape index (κ2) is 8.80. The Kier molecular flexibility index (Phi) is 6.75. The van der Waals surface area contributed by atoms with Crippen LogP contribution in [0.15, 0.2) is 35.7 Å². The molecule has 24 heavy (non-hydrogen) atoms. The van der Waals surface area contributed by atoms with Gasteiger partial charge >= 0.3 is 6.03 Å². The van der Waals surface area contributed by atoms with Crippen molar-refractivity contribution in [1.29, 1.82) is 0 Å². The first-order chi connectivity index (χ1) is 11.5. The average molecular weight is 346 g/mol. The molecule has 0 aliphatic carbocycles. The predicted octanol–water partition coefficient (Wildman–Crippen LogP) is 3.33. The fraction of sp³-hybridized carbons (Fsp3) is 0.444. The van der Waals surface area contributed by atoms with Crippen molar-refractivity contribution in [3.8, 4) is 0 Å². The van der Waals surface area contributed by atoms with E-state index in [1.165, 1.54) is 5.56 Å². The maximum Gasteiger partial charge on any atom is 0.315 e. The van der Waals surface area contributed by atoms with Crippen molar-refractivity contribution in [1.82, 2.24) is 20.5 Å². The zero-order valence-corrected chi connectivity index (χ0v) is 15.6. The van der Waals surface area contributed by atoms with Crippen LogP contribution in [0.4, 0.5) is 4.79 Å². The van der Waals surface area contributed by atoms with E-state index in [0.717, 1.165) is 17.2 Å². The lowest BCUT2D eigenvalue weighted by atomic mass is 10.2. The lowest BCUT2D eigenvalue weighted by Crippen LogP contribution is -2.44. The Balaban J connectivity index is 1.74. The van der Waals surface area contributed by atoms with Crippen molar-refractivity contribution >= 4 is 17.4 Å². The van der Waals surface area contributed by atoms with Gasteiger partial charge in [-0.15, -0.1) is 11.3 Å². The fourth-order valence-corrected chi connectivity index (χ4v) is 3.11. The van der Waals surface area contributed by atoms with Crippen LogP contribution in [0.5, 0.6) is 0 Å². The highest BCUT2D eigenvalue weighted by Gasteiger charge is 2.14. The molecule has 0 bridgehead atoms. The van der Waals surface area contributed by atoms with Crippen molar-refractivity contribution in [3.05, 3.63) is 52.0 Å². The Morgan fingerprint density at radius 1 is 1.29 bits per heavy atom. The standard InChI is InChI=1S/C18H26N4OS/c1-13-12-24-17(20-13)15(3)21-18(23)19-10-14(2)22(4)11-16-8-6-5-7-9-16/h5-9,12,14-15H,10-11H2,1-4H3,(H2,19,21,23). The molecule has 0 aliphatic rings. The topological polar surface area (TPSA) is 57.3 Å². The van der Waals surface area contributed by atoms with E-state index in [9.17, 15) is 4.79 Å². The number of thiazole rings is 1. The molecule has 0 aliphatic heterocycles. The number of likely N-dealkylation sites (N-methyl/N-ethyl adjacent to an activating group) is 1. The highest BCUT2D eigenvalue weighted by Crippen LogP contribution is 2.17. The van der Waals surface area contributed by atoms with Crippen molar-refractivity contribution in [3.63, 3.8) is 0 Å². The van der Waals surface area contributed by atoms with Crippen molar-refractivity contribution < 1.29 is 4.79 Å². The van der Waals surface area contributed by atoms with Crippen LogP contribution in [0.3, 0.4) is 0 Å². The number of benzene rings is 1. The maximum absolute atomic E-state index is 12.1. The van der Waals surface area contributed by atoms with E-state index in [2.05, 4.69) is 46.6 Å². The van der Waals surface area contributed by atoms with Gasteiger partial charge in [0, 0.05) is 30.2 Å². The van der Waals surface area contributed by atoms with Crippen molar-refractivity contribution in [2.75, 3.05) is 13.6 Å². The van der Waals surface area contributed by atoms with E-state index >= 15 is 0 Å². The van der Waals surface area contributed by atoms with Crippen molar-refractivity contribution in [2.24, 2.45) is 0 Å². The molecule has 1 aromatic carbocycles. The summed E-state index contributed by atoms with van der Waals surface area (Å²) < 4.78 is 0. The number of nitrogens with one attached hydrogen (secondary N) is 2. The normalized spacial score (nSPS) is 13.5. The number of urea groups is 1. The van der Waals surface area contributed by atoms with Gasteiger partial charge in [-0.3, -0.25) is 4.90 Å². The zero-order valence-electron chi connectivity index (χ0n) is 14.7. The van der Waals surface area contributed by atoms with Gasteiger partial charge in [-0.05, 0) is 33.4 Å². The van der Waals surface area contributed by atoms with Crippen LogP contribution in [0, 0.1) is 6.92 Å². The second-order valence-corrected chi connectivity index (χ2v) is 7.04. The van der Waals surface area contributed by atoms with Crippen LogP contribution in [0.25, 0.3) is 0 Å². The Labute approximate surface area is 148 Å². The van der Waals surface area contributed by atoms with E-state index in [-0.39, 0.29) is 18.1 Å². The largest absolute Gasteiger partial charge is 0.337 e. The average Bonchev–Trinajstić information content (AvgIpc) is 3.00. The van der Waals surface area contributed by atoms with Crippen LogP contribution >= 0.6 is 11.3 Å². The molecule has 2 atom stereocenters. The minimum absolute atomic E-state index is 0.0824. The molecule has 0 fully saturated rings. The van der Waals surface area contributed by atoms with Crippen LogP contribution in [0.1, 0.15) is 36.2 Å². The highest BCUT2D eigenvalue weighted by molar-refractivity contribution is 7.09. The number of rotatable bonds is 7. The first kappa shape index (κ1) is 18.4. The van der Waals surface area contributed by atoms with Crippen molar-refractivity contribution in [2.45, 2.75) is 39.4 Å². The third kappa shape index (κ3) is 5.62. The van der Waals surface area contributed by atoms with Gasteiger partial charge in [0.15, 0.2) is 0 Å². The minimum atomic E-state index is -0.157. The predicted molar refractivity (Wildman–Crippen MR) is 99.2 cm³/mol. The van der Waals surface area contributed by atoms with Gasteiger partial charge in [0.05, 0.1) is 6.04 Å². The summed E-state index contributed by atoms with van der Waals surface area (Å²) in [6.07, 6.45) is 0. The summed E-state index contributed by atoms with van der Waals surface area (Å²) in [5.74, 6) is 0. The lowest BCUT2D eigenvalue weighted by molar-refractivity contribution is 0.221. The molecular formula is C18H26N4OS. The molecule has 6 heteroatoms. The molecule has 1 heterocycles. The molecule has 0 saturated heterocycles. The first-order valence-electron chi connectivity index (χ1n) is 8.16. The van der Waals surface area contributed by atoms with Gasteiger partial charge in [0.1, 0.15) is 5.01 Å². The molecule has 2 amide bonds. The number of aryl methyl sites for hydroxylation is 1. The Morgan fingerprint density at radius 2 is 2.00 bits per heavy atom. The molecule has 5 nitrogen and oxygen atoms in total. The third-order valence-corrected chi connectivity index (χ3v) is 5.09. The molecule has 130 valence electrons. The molecule has 0 saturated carbocycles. The molecule has 2 rings (SSSR count). The Bertz CT molecular complexity index is 643. The molecule has 0 spiro atoms. The Morgan fingerprint density at radius 3 is 2.62 bits per heavy atom. The minimum Gasteiger partial charge on any atom is -0.337 e. The Hall–Kier alpha value is -1.92. The summed E-state index contributed by atoms with van der Waals surface area (Å²) in [6, 6.07) is 10.3. The van der Waals surface area contributed by atoms with E-state index in [0.29, 0.717) is 6.54 Å². The van der Waals surface area contributed by atoms with Gasteiger partial charge in [0.25, 0.3) is 0 Å². The van der Waals surface area contributed by atoms with Gasteiger partial charge in [-0.25, -0.2) is 9.78 Å². The number of carbonyl (C=O) groups is 1. The number of amides is 2. The summed E-state index contributed by atoms with van der Waals surface area (Å²) in [5.41, 5.74) is 2.25. The molecule has 2 unspecified atom stereocenters. The number of nitrogens with zero attached hydrogens (tertiary/aromatic N) is 2. The maximum atomic E-state index is 12.1.